The number of carbonyl (C=O) groups is 1. The normalized spacial score (nSPS) is 15.6. The van der Waals surface area contributed by atoms with Crippen LogP contribution in [-0.4, -0.2) is 43.7 Å². The van der Waals surface area contributed by atoms with Gasteiger partial charge in [0.15, 0.2) is 0 Å². The zero-order valence-corrected chi connectivity index (χ0v) is 10.9. The van der Waals surface area contributed by atoms with E-state index in [1.165, 1.54) is 0 Å². The first kappa shape index (κ1) is 14.5. The van der Waals surface area contributed by atoms with E-state index in [0.29, 0.717) is 19.8 Å². The van der Waals surface area contributed by atoms with Crippen LogP contribution in [0.1, 0.15) is 26.2 Å². The van der Waals surface area contributed by atoms with Gasteiger partial charge in [0.2, 0.25) is 0 Å². The van der Waals surface area contributed by atoms with Gasteiger partial charge >= 0.3 is 0 Å². The van der Waals surface area contributed by atoms with Gasteiger partial charge in [0, 0.05) is 39.0 Å². The lowest BCUT2D eigenvalue weighted by Crippen LogP contribution is -2.27. The highest BCUT2D eigenvalue weighted by atomic mass is 16.5. The van der Waals surface area contributed by atoms with Crippen LogP contribution in [0.25, 0.3) is 0 Å². The van der Waals surface area contributed by atoms with E-state index in [0.717, 1.165) is 32.4 Å². The number of nitrogens with zero attached hydrogens (tertiary/aromatic N) is 2. The zero-order valence-electron chi connectivity index (χ0n) is 10.9. The Morgan fingerprint density at radius 2 is 2.22 bits per heavy atom. The van der Waals surface area contributed by atoms with Gasteiger partial charge in [0.25, 0.3) is 5.91 Å². The number of hydrogen-bond donors (Lipinski definition) is 1. The Hall–Kier alpha value is -1.54. The first-order chi connectivity index (χ1) is 8.77. The minimum Gasteiger partial charge on any atom is -0.382 e. The average molecular weight is 251 g/mol. The van der Waals surface area contributed by atoms with Gasteiger partial charge in [0.05, 0.1) is 0 Å². The van der Waals surface area contributed by atoms with Gasteiger partial charge in [0.1, 0.15) is 11.6 Å². The van der Waals surface area contributed by atoms with Crippen molar-refractivity contribution in [2.75, 3.05) is 32.8 Å². The summed E-state index contributed by atoms with van der Waals surface area (Å²) in [5.41, 5.74) is 0.188. The number of likely N-dealkylation sites (tertiary alicyclic amines) is 1. The molecule has 0 radical (unpaired) electrons. The van der Waals surface area contributed by atoms with Crippen molar-refractivity contribution in [3.05, 3.63) is 11.8 Å². The van der Waals surface area contributed by atoms with E-state index in [2.05, 4.69) is 5.32 Å². The van der Waals surface area contributed by atoms with Crippen molar-refractivity contribution in [1.82, 2.24) is 10.2 Å². The lowest BCUT2D eigenvalue weighted by atomic mass is 10.3. The van der Waals surface area contributed by atoms with E-state index in [4.69, 9.17) is 10.00 Å². The van der Waals surface area contributed by atoms with Gasteiger partial charge in [-0.2, -0.15) is 5.26 Å². The molecule has 1 aliphatic heterocycles. The fraction of sp³-hybridized carbons (Fsp3) is 0.692. The van der Waals surface area contributed by atoms with Crippen molar-refractivity contribution in [2.24, 2.45) is 0 Å². The largest absolute Gasteiger partial charge is 0.382 e. The number of carbonyl (C=O) groups excluding carboxylic acids is 1. The molecule has 5 heteroatoms. The van der Waals surface area contributed by atoms with Crippen LogP contribution in [0.2, 0.25) is 0 Å². The molecule has 100 valence electrons. The summed E-state index contributed by atoms with van der Waals surface area (Å²) in [6, 6.07) is 1.96. The Morgan fingerprint density at radius 3 is 2.83 bits per heavy atom. The second-order valence-electron chi connectivity index (χ2n) is 4.20. The van der Waals surface area contributed by atoms with Crippen LogP contribution in [0.4, 0.5) is 0 Å². The molecule has 0 aromatic carbocycles. The van der Waals surface area contributed by atoms with Gasteiger partial charge in [-0.05, 0) is 26.2 Å². The summed E-state index contributed by atoms with van der Waals surface area (Å²) in [4.78, 5) is 13.8. The Kier molecular flexibility index (Phi) is 6.89. The summed E-state index contributed by atoms with van der Waals surface area (Å²) in [7, 11) is 0. The Balaban J connectivity index is 2.31. The van der Waals surface area contributed by atoms with Crippen molar-refractivity contribution in [2.45, 2.75) is 26.2 Å². The van der Waals surface area contributed by atoms with Crippen molar-refractivity contribution in [3.8, 4) is 6.07 Å². The third-order valence-electron chi connectivity index (χ3n) is 2.77. The molecule has 0 spiro atoms. The van der Waals surface area contributed by atoms with E-state index in [1.54, 1.807) is 6.20 Å². The van der Waals surface area contributed by atoms with Crippen molar-refractivity contribution >= 4 is 5.91 Å². The van der Waals surface area contributed by atoms with Crippen molar-refractivity contribution in [3.63, 3.8) is 0 Å². The maximum Gasteiger partial charge on any atom is 0.263 e. The minimum absolute atomic E-state index is 0.188. The number of nitrogens with one attached hydrogen (secondary N) is 1. The monoisotopic (exact) mass is 251 g/mol. The molecule has 0 bridgehead atoms. The molecule has 1 fully saturated rings. The molecule has 0 aromatic heterocycles. The lowest BCUT2D eigenvalue weighted by molar-refractivity contribution is -0.117. The number of amides is 1. The third kappa shape index (κ3) is 5.19. The second-order valence-corrected chi connectivity index (χ2v) is 4.20. The predicted octanol–water partition coefficient (Wildman–Crippen LogP) is 1.03. The Morgan fingerprint density at radius 1 is 1.50 bits per heavy atom. The lowest BCUT2D eigenvalue weighted by Gasteiger charge is -2.11. The maximum atomic E-state index is 11.7. The molecule has 1 rings (SSSR count). The highest BCUT2D eigenvalue weighted by Crippen LogP contribution is 2.09. The van der Waals surface area contributed by atoms with E-state index < -0.39 is 0 Å². The van der Waals surface area contributed by atoms with Crippen molar-refractivity contribution < 1.29 is 9.53 Å². The molecule has 1 amide bonds. The molecule has 1 N–H and O–H groups in total. The highest BCUT2D eigenvalue weighted by Gasteiger charge is 2.13. The summed E-state index contributed by atoms with van der Waals surface area (Å²) in [6.45, 7) is 5.66. The molecule has 0 aliphatic carbocycles. The minimum atomic E-state index is -0.291. The van der Waals surface area contributed by atoms with Crippen LogP contribution in [-0.2, 0) is 9.53 Å². The maximum absolute atomic E-state index is 11.7. The molecule has 1 saturated heterocycles. The van der Waals surface area contributed by atoms with Gasteiger partial charge in [-0.15, -0.1) is 0 Å². The van der Waals surface area contributed by atoms with E-state index >= 15 is 0 Å². The first-order valence-corrected chi connectivity index (χ1v) is 6.50. The zero-order chi connectivity index (χ0) is 13.2. The summed E-state index contributed by atoms with van der Waals surface area (Å²) >= 11 is 0. The number of rotatable bonds is 7. The SMILES string of the molecule is CCOCCCNC(=O)/C(C#N)=C\N1CCCC1. The third-order valence-corrected chi connectivity index (χ3v) is 2.77. The predicted molar refractivity (Wildman–Crippen MR) is 68.6 cm³/mol. The van der Waals surface area contributed by atoms with E-state index in [9.17, 15) is 4.79 Å². The molecule has 0 saturated carbocycles. The van der Waals surface area contributed by atoms with Crippen LogP contribution in [0, 0.1) is 11.3 Å². The average Bonchev–Trinajstić information content (AvgIpc) is 2.88. The second kappa shape index (κ2) is 8.54. The Bertz CT molecular complexity index is 328. The summed E-state index contributed by atoms with van der Waals surface area (Å²) in [5, 5.41) is 11.7. The molecule has 5 nitrogen and oxygen atoms in total. The molecular weight excluding hydrogens is 230 g/mol. The molecule has 0 unspecified atom stereocenters. The fourth-order valence-corrected chi connectivity index (χ4v) is 1.81. The van der Waals surface area contributed by atoms with Crippen LogP contribution >= 0.6 is 0 Å². The first-order valence-electron chi connectivity index (χ1n) is 6.50. The smallest absolute Gasteiger partial charge is 0.263 e. The van der Waals surface area contributed by atoms with Gasteiger partial charge in [-0.1, -0.05) is 0 Å². The number of nitriles is 1. The highest BCUT2D eigenvalue weighted by molar-refractivity contribution is 5.97. The van der Waals surface area contributed by atoms with Gasteiger partial charge in [-0.25, -0.2) is 0 Å². The van der Waals surface area contributed by atoms with Crippen LogP contribution < -0.4 is 5.32 Å². The molecular formula is C13H21N3O2. The fourth-order valence-electron chi connectivity index (χ4n) is 1.81. The molecule has 0 aromatic rings. The van der Waals surface area contributed by atoms with Gasteiger partial charge < -0.3 is 15.0 Å². The summed E-state index contributed by atoms with van der Waals surface area (Å²) in [5.74, 6) is -0.291. The number of hydrogen-bond acceptors (Lipinski definition) is 4. The summed E-state index contributed by atoms with van der Waals surface area (Å²) < 4.78 is 5.17. The van der Waals surface area contributed by atoms with Crippen LogP contribution in [0.3, 0.4) is 0 Å². The number of ether oxygens (including phenoxy) is 1. The molecule has 1 aliphatic rings. The molecule has 18 heavy (non-hydrogen) atoms. The quantitative estimate of drug-likeness (QED) is 0.417. The van der Waals surface area contributed by atoms with E-state index in [-0.39, 0.29) is 11.5 Å². The van der Waals surface area contributed by atoms with Gasteiger partial charge in [-0.3, -0.25) is 4.79 Å². The van der Waals surface area contributed by atoms with Crippen LogP contribution in [0.5, 0.6) is 0 Å². The topological polar surface area (TPSA) is 65.4 Å². The van der Waals surface area contributed by atoms with Crippen LogP contribution in [0.15, 0.2) is 11.8 Å². The van der Waals surface area contributed by atoms with Crippen molar-refractivity contribution in [1.29, 1.82) is 5.26 Å². The van der Waals surface area contributed by atoms with E-state index in [1.807, 2.05) is 17.9 Å². The standard InChI is InChI=1S/C13H21N3O2/c1-2-18-9-5-6-15-13(17)12(10-14)11-16-7-3-4-8-16/h11H,2-9H2,1H3,(H,15,17)/b12-11-. The summed E-state index contributed by atoms with van der Waals surface area (Å²) in [6.07, 6.45) is 4.70. The molecule has 0 atom stereocenters. The molecule has 1 heterocycles. The Labute approximate surface area is 108 Å².